The monoisotopic (exact) mass is 244 g/mol. The van der Waals surface area contributed by atoms with Gasteiger partial charge in [0.25, 0.3) is 0 Å². The van der Waals surface area contributed by atoms with Crippen LogP contribution in [-0.2, 0) is 4.74 Å². The second-order valence-electron chi connectivity index (χ2n) is 4.89. The molecule has 0 aromatic rings. The lowest BCUT2D eigenvalue weighted by molar-refractivity contribution is 0.0993. The molecule has 3 unspecified atom stereocenters. The largest absolute Gasteiger partial charge is 0.378 e. The van der Waals surface area contributed by atoms with E-state index in [4.69, 9.17) is 10.6 Å². The van der Waals surface area contributed by atoms with Crippen molar-refractivity contribution in [3.63, 3.8) is 0 Å². The van der Waals surface area contributed by atoms with Crippen molar-refractivity contribution in [2.24, 2.45) is 5.84 Å². The first-order valence-corrected chi connectivity index (χ1v) is 7.64. The molecule has 0 aromatic carbocycles. The summed E-state index contributed by atoms with van der Waals surface area (Å²) in [5.74, 6) is 6.99. The summed E-state index contributed by atoms with van der Waals surface area (Å²) in [6.45, 7) is 0.962. The normalized spacial score (nSPS) is 32.8. The molecule has 0 bridgehead atoms. The first-order chi connectivity index (χ1) is 7.90. The Labute approximate surface area is 103 Å². The molecule has 0 spiro atoms. The van der Waals surface area contributed by atoms with Crippen molar-refractivity contribution in [1.82, 2.24) is 5.43 Å². The van der Waals surface area contributed by atoms with E-state index in [1.165, 1.54) is 50.7 Å². The summed E-state index contributed by atoms with van der Waals surface area (Å²) >= 11 is 2.10. The number of thioether (sulfide) groups is 1. The van der Waals surface area contributed by atoms with Crippen LogP contribution in [-0.4, -0.2) is 29.8 Å². The van der Waals surface area contributed by atoms with E-state index in [9.17, 15) is 0 Å². The molecular formula is C12H24N2OS. The highest BCUT2D eigenvalue weighted by atomic mass is 32.2. The Balaban J connectivity index is 1.70. The third-order valence-electron chi connectivity index (χ3n) is 3.70. The van der Waals surface area contributed by atoms with E-state index < -0.39 is 0 Å². The van der Waals surface area contributed by atoms with Gasteiger partial charge >= 0.3 is 0 Å². The maximum Gasteiger partial charge on any atom is 0.0576 e. The van der Waals surface area contributed by atoms with Crippen molar-refractivity contribution in [3.05, 3.63) is 0 Å². The summed E-state index contributed by atoms with van der Waals surface area (Å²) in [5, 5.41) is 0.722. The van der Waals surface area contributed by atoms with Gasteiger partial charge in [-0.2, -0.15) is 11.8 Å². The first kappa shape index (κ1) is 12.7. The van der Waals surface area contributed by atoms with Gasteiger partial charge in [0, 0.05) is 17.9 Å². The van der Waals surface area contributed by atoms with Crippen molar-refractivity contribution in [2.45, 2.75) is 62.3 Å². The van der Waals surface area contributed by atoms with Crippen molar-refractivity contribution < 1.29 is 4.74 Å². The number of hydrazine groups is 1. The average molecular weight is 244 g/mol. The minimum Gasteiger partial charge on any atom is -0.378 e. The molecule has 0 amide bonds. The van der Waals surface area contributed by atoms with Gasteiger partial charge in [0.2, 0.25) is 0 Å². The molecule has 2 heterocycles. The molecule has 2 fully saturated rings. The van der Waals surface area contributed by atoms with Crippen molar-refractivity contribution in [1.29, 1.82) is 0 Å². The molecule has 0 saturated carbocycles. The van der Waals surface area contributed by atoms with Gasteiger partial charge in [0.05, 0.1) is 6.10 Å². The number of rotatable bonds is 5. The van der Waals surface area contributed by atoms with E-state index in [1.807, 2.05) is 0 Å². The lowest BCUT2D eigenvalue weighted by atomic mass is 10.0. The van der Waals surface area contributed by atoms with Crippen LogP contribution in [0.25, 0.3) is 0 Å². The molecule has 3 nitrogen and oxygen atoms in total. The fraction of sp³-hybridized carbons (Fsp3) is 1.00. The van der Waals surface area contributed by atoms with Gasteiger partial charge in [-0.1, -0.05) is 6.42 Å². The molecule has 0 aromatic heterocycles. The SMILES string of the molecule is NNC(CCC1CCCO1)C1CCCCS1. The standard InChI is InChI=1S/C12H24N2OS/c13-14-11(12-5-1-2-9-16-12)7-6-10-4-3-8-15-10/h10-12,14H,1-9,13H2. The third kappa shape index (κ3) is 3.62. The topological polar surface area (TPSA) is 47.3 Å². The maximum absolute atomic E-state index is 5.68. The smallest absolute Gasteiger partial charge is 0.0576 e. The van der Waals surface area contributed by atoms with Gasteiger partial charge in [-0.25, -0.2) is 0 Å². The van der Waals surface area contributed by atoms with Gasteiger partial charge in [-0.3, -0.25) is 11.3 Å². The zero-order valence-electron chi connectivity index (χ0n) is 9.99. The van der Waals surface area contributed by atoms with Gasteiger partial charge in [0.15, 0.2) is 0 Å². The molecule has 4 heteroatoms. The zero-order chi connectivity index (χ0) is 11.2. The Hall–Kier alpha value is 0.230. The second-order valence-corrected chi connectivity index (χ2v) is 6.24. The molecule has 94 valence electrons. The maximum atomic E-state index is 5.68. The van der Waals surface area contributed by atoms with Crippen LogP contribution < -0.4 is 11.3 Å². The van der Waals surface area contributed by atoms with Crippen molar-refractivity contribution >= 4 is 11.8 Å². The molecule has 3 N–H and O–H groups in total. The number of ether oxygens (including phenoxy) is 1. The lowest BCUT2D eigenvalue weighted by Gasteiger charge is -2.29. The Morgan fingerprint density at radius 2 is 2.25 bits per heavy atom. The minimum absolute atomic E-state index is 0.481. The van der Waals surface area contributed by atoms with Crippen LogP contribution in [0.3, 0.4) is 0 Å². The highest BCUT2D eigenvalue weighted by molar-refractivity contribution is 8.00. The van der Waals surface area contributed by atoms with Crippen LogP contribution in [0.1, 0.15) is 44.9 Å². The average Bonchev–Trinajstić information content (AvgIpc) is 2.84. The Bertz CT molecular complexity index is 191. The molecule has 0 aliphatic carbocycles. The minimum atomic E-state index is 0.481. The number of nitrogens with one attached hydrogen (secondary N) is 1. The Morgan fingerprint density at radius 3 is 2.88 bits per heavy atom. The summed E-state index contributed by atoms with van der Waals surface area (Å²) in [4.78, 5) is 0. The highest BCUT2D eigenvalue weighted by Crippen LogP contribution is 2.30. The molecule has 3 atom stereocenters. The zero-order valence-corrected chi connectivity index (χ0v) is 10.8. The van der Waals surface area contributed by atoms with Crippen LogP contribution >= 0.6 is 11.8 Å². The Morgan fingerprint density at radius 1 is 1.31 bits per heavy atom. The van der Waals surface area contributed by atoms with Crippen LogP contribution in [0.4, 0.5) is 0 Å². The van der Waals surface area contributed by atoms with Crippen LogP contribution in [0.2, 0.25) is 0 Å². The fourth-order valence-corrected chi connectivity index (χ4v) is 4.15. The summed E-state index contributed by atoms with van der Waals surface area (Å²) < 4.78 is 5.66. The molecule has 2 aliphatic heterocycles. The van der Waals surface area contributed by atoms with E-state index in [2.05, 4.69) is 17.2 Å². The quantitative estimate of drug-likeness (QED) is 0.574. The van der Waals surface area contributed by atoms with E-state index in [0.29, 0.717) is 12.1 Å². The molecule has 2 rings (SSSR count). The van der Waals surface area contributed by atoms with Crippen molar-refractivity contribution in [2.75, 3.05) is 12.4 Å². The Kier molecular flexibility index (Phi) is 5.42. The van der Waals surface area contributed by atoms with Crippen LogP contribution in [0, 0.1) is 0 Å². The predicted molar refractivity (Wildman–Crippen MR) is 69.4 cm³/mol. The van der Waals surface area contributed by atoms with Gasteiger partial charge in [0.1, 0.15) is 0 Å². The number of hydrogen-bond donors (Lipinski definition) is 2. The third-order valence-corrected chi connectivity index (χ3v) is 5.22. The fourth-order valence-electron chi connectivity index (χ4n) is 2.70. The van der Waals surface area contributed by atoms with Gasteiger partial charge in [-0.15, -0.1) is 0 Å². The van der Waals surface area contributed by atoms with Gasteiger partial charge < -0.3 is 4.74 Å². The molecule has 2 aliphatic rings. The molecular weight excluding hydrogens is 220 g/mol. The van der Waals surface area contributed by atoms with E-state index in [1.54, 1.807) is 0 Å². The van der Waals surface area contributed by atoms with E-state index >= 15 is 0 Å². The molecule has 0 radical (unpaired) electrons. The number of hydrogen-bond acceptors (Lipinski definition) is 4. The summed E-state index contributed by atoms with van der Waals surface area (Å²) in [5.41, 5.74) is 3.02. The van der Waals surface area contributed by atoms with Crippen LogP contribution in [0.5, 0.6) is 0 Å². The van der Waals surface area contributed by atoms with Gasteiger partial charge in [-0.05, 0) is 44.3 Å². The predicted octanol–water partition coefficient (Wildman–Crippen LogP) is 2.06. The second kappa shape index (κ2) is 6.84. The van der Waals surface area contributed by atoms with Crippen LogP contribution in [0.15, 0.2) is 0 Å². The number of nitrogens with two attached hydrogens (primary N) is 1. The summed E-state index contributed by atoms with van der Waals surface area (Å²) in [6, 6.07) is 0.481. The van der Waals surface area contributed by atoms with E-state index in [0.717, 1.165) is 11.9 Å². The summed E-state index contributed by atoms with van der Waals surface area (Å²) in [6.07, 6.45) is 9.40. The molecule has 16 heavy (non-hydrogen) atoms. The molecule has 2 saturated heterocycles. The lowest BCUT2D eigenvalue weighted by Crippen LogP contribution is -2.43. The highest BCUT2D eigenvalue weighted by Gasteiger charge is 2.25. The first-order valence-electron chi connectivity index (χ1n) is 6.59. The van der Waals surface area contributed by atoms with Crippen molar-refractivity contribution in [3.8, 4) is 0 Å². The summed E-state index contributed by atoms with van der Waals surface area (Å²) in [7, 11) is 0. The van der Waals surface area contributed by atoms with E-state index in [-0.39, 0.29) is 0 Å².